The molecule has 15 heavy (non-hydrogen) atoms. The van der Waals surface area contributed by atoms with Gasteiger partial charge in [-0.2, -0.15) is 0 Å². The summed E-state index contributed by atoms with van der Waals surface area (Å²) in [6.45, 7) is 12.5. The van der Waals surface area contributed by atoms with Crippen LogP contribution < -0.4 is 11.1 Å². The van der Waals surface area contributed by atoms with Gasteiger partial charge in [-0.15, -0.1) is 0 Å². The number of aliphatic imine (C=N–C) groups is 1. The average molecular weight is 214 g/mol. The number of nitrogens with two attached hydrogens (primary N) is 1. The summed E-state index contributed by atoms with van der Waals surface area (Å²) in [5, 5.41) is 3.08. The monoisotopic (exact) mass is 214 g/mol. The van der Waals surface area contributed by atoms with E-state index in [0.29, 0.717) is 12.0 Å². The second-order valence-corrected chi connectivity index (χ2v) is 4.00. The Morgan fingerprint density at radius 1 is 1.33 bits per heavy atom. The maximum absolute atomic E-state index is 5.70. The van der Waals surface area contributed by atoms with Crippen molar-refractivity contribution in [2.45, 2.75) is 40.2 Å². The number of guanidine groups is 1. The van der Waals surface area contributed by atoms with Gasteiger partial charge < -0.3 is 16.0 Å². The van der Waals surface area contributed by atoms with Crippen LogP contribution in [0.15, 0.2) is 4.99 Å². The Labute approximate surface area is 93.9 Å². The Bertz CT molecular complexity index is 177. The minimum Gasteiger partial charge on any atom is -0.370 e. The summed E-state index contributed by atoms with van der Waals surface area (Å²) in [5.41, 5.74) is 5.70. The van der Waals surface area contributed by atoms with E-state index >= 15 is 0 Å². The first kappa shape index (κ1) is 14.2. The van der Waals surface area contributed by atoms with Crippen molar-refractivity contribution < 1.29 is 0 Å². The summed E-state index contributed by atoms with van der Waals surface area (Å²) >= 11 is 0. The maximum atomic E-state index is 5.70. The molecule has 0 aliphatic heterocycles. The first-order valence-electron chi connectivity index (χ1n) is 5.88. The number of hydrogen-bond acceptors (Lipinski definition) is 2. The Morgan fingerprint density at radius 2 is 2.00 bits per heavy atom. The van der Waals surface area contributed by atoms with Crippen molar-refractivity contribution in [1.29, 1.82) is 0 Å². The molecule has 3 N–H and O–H groups in total. The SMILES string of the molecule is CCCN(CC)CCN=C(N)NC(C)C. The predicted molar refractivity (Wildman–Crippen MR) is 67.2 cm³/mol. The van der Waals surface area contributed by atoms with Crippen molar-refractivity contribution in [2.75, 3.05) is 26.2 Å². The van der Waals surface area contributed by atoms with Crippen molar-refractivity contribution >= 4 is 5.96 Å². The Hall–Kier alpha value is -0.770. The molecule has 0 saturated heterocycles. The van der Waals surface area contributed by atoms with Gasteiger partial charge in [-0.3, -0.25) is 4.99 Å². The molecule has 0 aliphatic carbocycles. The molecule has 0 saturated carbocycles. The molecule has 0 spiro atoms. The Kier molecular flexibility index (Phi) is 8.09. The second-order valence-electron chi connectivity index (χ2n) is 4.00. The van der Waals surface area contributed by atoms with E-state index in [9.17, 15) is 0 Å². The molecule has 0 amide bonds. The number of nitrogens with zero attached hydrogens (tertiary/aromatic N) is 2. The Morgan fingerprint density at radius 3 is 2.47 bits per heavy atom. The van der Waals surface area contributed by atoms with Gasteiger partial charge in [0, 0.05) is 12.6 Å². The van der Waals surface area contributed by atoms with Crippen molar-refractivity contribution in [3.8, 4) is 0 Å². The summed E-state index contributed by atoms with van der Waals surface area (Å²) in [6.07, 6.45) is 1.19. The largest absolute Gasteiger partial charge is 0.370 e. The fourth-order valence-corrected chi connectivity index (χ4v) is 1.40. The fraction of sp³-hybridized carbons (Fsp3) is 0.909. The normalized spacial score (nSPS) is 12.5. The minimum atomic E-state index is 0.353. The number of hydrogen-bond donors (Lipinski definition) is 2. The van der Waals surface area contributed by atoms with Crippen LogP contribution in [0.1, 0.15) is 34.1 Å². The highest BCUT2D eigenvalue weighted by molar-refractivity contribution is 5.78. The van der Waals surface area contributed by atoms with Gasteiger partial charge >= 0.3 is 0 Å². The minimum absolute atomic E-state index is 0.353. The van der Waals surface area contributed by atoms with Crippen LogP contribution in [-0.4, -0.2) is 43.1 Å². The zero-order valence-corrected chi connectivity index (χ0v) is 10.6. The van der Waals surface area contributed by atoms with E-state index in [2.05, 4.69) is 42.9 Å². The van der Waals surface area contributed by atoms with E-state index in [-0.39, 0.29) is 0 Å². The fourth-order valence-electron chi connectivity index (χ4n) is 1.40. The lowest BCUT2D eigenvalue weighted by molar-refractivity contribution is 0.297. The van der Waals surface area contributed by atoms with Crippen LogP contribution in [-0.2, 0) is 0 Å². The van der Waals surface area contributed by atoms with Crippen LogP contribution >= 0.6 is 0 Å². The number of likely N-dealkylation sites (N-methyl/N-ethyl adjacent to an activating group) is 1. The lowest BCUT2D eigenvalue weighted by Gasteiger charge is -2.18. The lowest BCUT2D eigenvalue weighted by atomic mass is 10.4. The standard InChI is InChI=1S/C11H26N4/c1-5-8-15(6-2)9-7-13-11(12)14-10(3)4/h10H,5-9H2,1-4H3,(H3,12,13,14). The predicted octanol–water partition coefficient (Wildman–Crippen LogP) is 1.03. The maximum Gasteiger partial charge on any atom is 0.188 e. The van der Waals surface area contributed by atoms with Crippen LogP contribution in [0.5, 0.6) is 0 Å². The summed E-state index contributed by atoms with van der Waals surface area (Å²) < 4.78 is 0. The van der Waals surface area contributed by atoms with Crippen molar-refractivity contribution in [3.63, 3.8) is 0 Å². The van der Waals surface area contributed by atoms with Gasteiger partial charge in [-0.1, -0.05) is 13.8 Å². The first-order valence-corrected chi connectivity index (χ1v) is 5.88. The van der Waals surface area contributed by atoms with Crippen LogP contribution in [0.25, 0.3) is 0 Å². The molecule has 90 valence electrons. The molecule has 0 heterocycles. The van der Waals surface area contributed by atoms with Gasteiger partial charge in [0.2, 0.25) is 0 Å². The molecule has 4 heteroatoms. The first-order chi connectivity index (χ1) is 7.10. The molecular weight excluding hydrogens is 188 g/mol. The van der Waals surface area contributed by atoms with Crippen LogP contribution in [0, 0.1) is 0 Å². The third-order valence-electron chi connectivity index (χ3n) is 2.12. The van der Waals surface area contributed by atoms with Gasteiger partial charge in [-0.05, 0) is 33.4 Å². The van der Waals surface area contributed by atoms with E-state index in [1.165, 1.54) is 6.42 Å². The highest BCUT2D eigenvalue weighted by Gasteiger charge is 1.99. The van der Waals surface area contributed by atoms with Gasteiger partial charge in [0.1, 0.15) is 0 Å². The molecule has 0 unspecified atom stereocenters. The third-order valence-corrected chi connectivity index (χ3v) is 2.12. The topological polar surface area (TPSA) is 53.6 Å². The zero-order chi connectivity index (χ0) is 11.7. The van der Waals surface area contributed by atoms with Crippen LogP contribution in [0.3, 0.4) is 0 Å². The van der Waals surface area contributed by atoms with Gasteiger partial charge in [0.05, 0.1) is 6.54 Å². The molecule has 0 aromatic rings. The zero-order valence-electron chi connectivity index (χ0n) is 10.6. The van der Waals surface area contributed by atoms with Gasteiger partial charge in [-0.25, -0.2) is 0 Å². The van der Waals surface area contributed by atoms with E-state index < -0.39 is 0 Å². The second kappa shape index (κ2) is 8.53. The molecule has 0 atom stereocenters. The molecule has 0 aliphatic rings. The van der Waals surface area contributed by atoms with E-state index in [0.717, 1.165) is 26.2 Å². The van der Waals surface area contributed by atoms with Crippen molar-refractivity contribution in [3.05, 3.63) is 0 Å². The van der Waals surface area contributed by atoms with Gasteiger partial charge in [0.15, 0.2) is 5.96 Å². The van der Waals surface area contributed by atoms with Gasteiger partial charge in [0.25, 0.3) is 0 Å². The van der Waals surface area contributed by atoms with E-state index in [4.69, 9.17) is 5.73 Å². The molecule has 0 bridgehead atoms. The highest BCUT2D eigenvalue weighted by Crippen LogP contribution is 1.90. The summed E-state index contributed by atoms with van der Waals surface area (Å²) in [4.78, 5) is 6.66. The summed E-state index contributed by atoms with van der Waals surface area (Å²) in [6, 6.07) is 0.353. The molecule has 0 rings (SSSR count). The van der Waals surface area contributed by atoms with Crippen molar-refractivity contribution in [2.24, 2.45) is 10.7 Å². The number of rotatable bonds is 7. The third kappa shape index (κ3) is 8.24. The van der Waals surface area contributed by atoms with E-state index in [1.807, 2.05) is 0 Å². The summed E-state index contributed by atoms with van der Waals surface area (Å²) in [5.74, 6) is 0.553. The van der Waals surface area contributed by atoms with Crippen molar-refractivity contribution in [1.82, 2.24) is 10.2 Å². The van der Waals surface area contributed by atoms with Crippen LogP contribution in [0.4, 0.5) is 0 Å². The molecule has 0 radical (unpaired) electrons. The highest BCUT2D eigenvalue weighted by atomic mass is 15.1. The quantitative estimate of drug-likeness (QED) is 0.491. The lowest BCUT2D eigenvalue weighted by Crippen LogP contribution is -2.37. The average Bonchev–Trinajstić information content (AvgIpc) is 2.15. The Balaban J connectivity index is 3.73. The molecule has 0 aromatic heterocycles. The number of nitrogens with one attached hydrogen (secondary N) is 1. The smallest absolute Gasteiger partial charge is 0.188 e. The van der Waals surface area contributed by atoms with Crippen LogP contribution in [0.2, 0.25) is 0 Å². The molecule has 0 fully saturated rings. The molecule has 0 aromatic carbocycles. The van der Waals surface area contributed by atoms with E-state index in [1.54, 1.807) is 0 Å². The summed E-state index contributed by atoms with van der Waals surface area (Å²) in [7, 11) is 0. The molecular formula is C11H26N4. The molecule has 4 nitrogen and oxygen atoms in total.